The average Bonchev–Trinajstić information content (AvgIpc) is 1.65. The highest BCUT2D eigenvalue weighted by Gasteiger charge is 2.02. The lowest BCUT2D eigenvalue weighted by molar-refractivity contribution is -0.118. The fourth-order valence-corrected chi connectivity index (χ4v) is 0.129. The van der Waals surface area contributed by atoms with Crippen molar-refractivity contribution in [2.75, 3.05) is 6.61 Å². The molecule has 3 N–H and O–H groups in total. The van der Waals surface area contributed by atoms with Gasteiger partial charge in [0.1, 0.15) is 5.78 Å². The maximum Gasteiger partial charge on any atom is 0.148 e. The molecule has 1 atom stereocenters. The van der Waals surface area contributed by atoms with Gasteiger partial charge >= 0.3 is 0 Å². The van der Waals surface area contributed by atoms with Gasteiger partial charge in [0.15, 0.2) is 0 Å². The summed E-state index contributed by atoms with van der Waals surface area (Å²) in [6, 6.07) is -0.681. The van der Waals surface area contributed by atoms with Gasteiger partial charge in [-0.1, -0.05) is 0 Å². The molecule has 0 aliphatic carbocycles. The van der Waals surface area contributed by atoms with Crippen LogP contribution in [0.2, 0.25) is 0 Å². The van der Waals surface area contributed by atoms with E-state index in [1.54, 1.807) is 0 Å². The van der Waals surface area contributed by atoms with Crippen molar-refractivity contribution in [2.45, 2.75) is 13.0 Å². The molecule has 0 saturated carbocycles. The number of carbonyl (C=O) groups is 1. The second-order valence-electron chi connectivity index (χ2n) is 1.40. The van der Waals surface area contributed by atoms with E-state index in [1.165, 1.54) is 6.92 Å². The maximum absolute atomic E-state index is 10.1. The van der Waals surface area contributed by atoms with Crippen molar-refractivity contribution in [1.29, 1.82) is 0 Å². The van der Waals surface area contributed by atoms with Crippen LogP contribution in [0.5, 0.6) is 0 Å². The van der Waals surface area contributed by atoms with Crippen molar-refractivity contribution < 1.29 is 9.90 Å². The summed E-state index contributed by atoms with van der Waals surface area (Å²) in [6.07, 6.45) is 0. The molecule has 0 aromatic rings. The largest absolute Gasteiger partial charge is 0.394 e. The number of nitrogens with two attached hydrogens (primary N) is 1. The molecule has 0 bridgehead atoms. The number of carbonyl (C=O) groups excluding carboxylic acids is 1. The number of hydrogen-bond donors (Lipinski definition) is 2. The van der Waals surface area contributed by atoms with Gasteiger partial charge in [0.2, 0.25) is 0 Å². The van der Waals surface area contributed by atoms with Crippen molar-refractivity contribution in [3.63, 3.8) is 0 Å². The Bertz CT molecular complexity index is 76.4. The molecule has 0 unspecified atom stereocenters. The van der Waals surface area contributed by atoms with E-state index in [0.717, 1.165) is 0 Å². The Morgan fingerprint density at radius 1 is 1.88 bits per heavy atom. The van der Waals surface area contributed by atoms with E-state index in [-0.39, 0.29) is 24.8 Å². The molecule has 0 heterocycles. The molecule has 3 nitrogen and oxygen atoms in total. The van der Waals surface area contributed by atoms with Gasteiger partial charge in [-0.15, -0.1) is 12.4 Å². The fourth-order valence-electron chi connectivity index (χ4n) is 0.129. The first-order valence-electron chi connectivity index (χ1n) is 2.05. The molecule has 0 fully saturated rings. The normalized spacial score (nSPS) is 11.9. The summed E-state index contributed by atoms with van der Waals surface area (Å²) in [5.41, 5.74) is 5.02. The van der Waals surface area contributed by atoms with Crippen molar-refractivity contribution in [3.05, 3.63) is 0 Å². The Morgan fingerprint density at radius 3 is 2.25 bits per heavy atom. The standard InChI is InChI=1S/C4H9NO2.ClH/c1-3(7)4(5)2-6;/h4,6H,2,5H2,1H3;1H/t4-;/m1./s1. The first-order chi connectivity index (χ1) is 3.18. The maximum atomic E-state index is 10.1. The summed E-state index contributed by atoms with van der Waals surface area (Å²) in [6.45, 7) is 1.09. The van der Waals surface area contributed by atoms with Crippen LogP contribution < -0.4 is 5.73 Å². The van der Waals surface area contributed by atoms with Gasteiger partial charge in [0, 0.05) is 0 Å². The highest BCUT2D eigenvalue weighted by Crippen LogP contribution is 1.74. The van der Waals surface area contributed by atoms with E-state index >= 15 is 0 Å². The number of Topliss-reactive ketones (excluding diaryl/α,β-unsaturated/α-hetero) is 1. The number of hydrogen-bond acceptors (Lipinski definition) is 3. The van der Waals surface area contributed by atoms with Crippen LogP contribution in [-0.4, -0.2) is 23.5 Å². The Labute approximate surface area is 54.3 Å². The van der Waals surface area contributed by atoms with Crippen molar-refractivity contribution in [3.8, 4) is 0 Å². The Kier molecular flexibility index (Phi) is 6.78. The number of rotatable bonds is 2. The molecule has 50 valence electrons. The van der Waals surface area contributed by atoms with Crippen molar-refractivity contribution in [2.24, 2.45) is 5.73 Å². The van der Waals surface area contributed by atoms with Crippen molar-refractivity contribution in [1.82, 2.24) is 0 Å². The SMILES string of the molecule is CC(=O)[C@H](N)CO.Cl. The summed E-state index contributed by atoms with van der Waals surface area (Å²) in [4.78, 5) is 10.1. The van der Waals surface area contributed by atoms with Crippen LogP contribution in [0.3, 0.4) is 0 Å². The molecule has 8 heavy (non-hydrogen) atoms. The van der Waals surface area contributed by atoms with Crippen LogP contribution in [0.4, 0.5) is 0 Å². The number of aliphatic hydroxyl groups is 1. The van der Waals surface area contributed by atoms with E-state index in [1.807, 2.05) is 0 Å². The first-order valence-corrected chi connectivity index (χ1v) is 2.05. The molecule has 0 radical (unpaired) electrons. The molecular formula is C4H10ClNO2. The zero-order valence-electron chi connectivity index (χ0n) is 4.63. The molecule has 0 rings (SSSR count). The zero-order valence-corrected chi connectivity index (χ0v) is 5.44. The Morgan fingerprint density at radius 2 is 2.25 bits per heavy atom. The highest BCUT2D eigenvalue weighted by molar-refractivity contribution is 5.85. The summed E-state index contributed by atoms with van der Waals surface area (Å²) in [5.74, 6) is -0.178. The minimum Gasteiger partial charge on any atom is -0.394 e. The third-order valence-corrected chi connectivity index (χ3v) is 0.719. The van der Waals surface area contributed by atoms with E-state index < -0.39 is 6.04 Å². The molecule has 0 spiro atoms. The minimum absolute atomic E-state index is 0. The van der Waals surface area contributed by atoms with Crippen LogP contribution in [-0.2, 0) is 4.79 Å². The zero-order chi connectivity index (χ0) is 5.86. The van der Waals surface area contributed by atoms with Crippen LogP contribution in [0.15, 0.2) is 0 Å². The second-order valence-corrected chi connectivity index (χ2v) is 1.40. The lowest BCUT2D eigenvalue weighted by atomic mass is 10.2. The first kappa shape index (κ1) is 10.8. The number of ketones is 1. The van der Waals surface area contributed by atoms with Gasteiger partial charge in [0.25, 0.3) is 0 Å². The van der Waals surface area contributed by atoms with Gasteiger partial charge in [-0.25, -0.2) is 0 Å². The van der Waals surface area contributed by atoms with E-state index in [4.69, 9.17) is 10.8 Å². The quantitative estimate of drug-likeness (QED) is 0.533. The number of halogens is 1. The monoisotopic (exact) mass is 139 g/mol. The lowest BCUT2D eigenvalue weighted by Gasteiger charge is -1.98. The third-order valence-electron chi connectivity index (χ3n) is 0.719. The van der Waals surface area contributed by atoms with E-state index in [2.05, 4.69) is 0 Å². The molecule has 0 aliphatic heterocycles. The molecule has 4 heteroatoms. The molecule has 0 amide bonds. The van der Waals surface area contributed by atoms with Crippen LogP contribution in [0.25, 0.3) is 0 Å². The predicted octanol–water partition coefficient (Wildman–Crippen LogP) is -0.683. The highest BCUT2D eigenvalue weighted by atomic mass is 35.5. The van der Waals surface area contributed by atoms with Gasteiger partial charge in [0.05, 0.1) is 12.6 Å². The Hall–Kier alpha value is -0.120. The lowest BCUT2D eigenvalue weighted by Crippen LogP contribution is -2.31. The van der Waals surface area contributed by atoms with E-state index in [9.17, 15) is 4.79 Å². The summed E-state index contributed by atoms with van der Waals surface area (Å²) < 4.78 is 0. The molecule has 0 aromatic carbocycles. The summed E-state index contributed by atoms with van der Waals surface area (Å²) >= 11 is 0. The summed E-state index contributed by atoms with van der Waals surface area (Å²) in [5, 5.41) is 8.16. The molecule has 0 aromatic heterocycles. The fraction of sp³-hybridized carbons (Fsp3) is 0.750. The number of aliphatic hydroxyl groups excluding tert-OH is 1. The molecule has 0 aliphatic rings. The predicted molar refractivity (Wildman–Crippen MR) is 33.0 cm³/mol. The Balaban J connectivity index is 0. The van der Waals surface area contributed by atoms with Gasteiger partial charge in [-0.3, -0.25) is 4.79 Å². The third kappa shape index (κ3) is 4.05. The molecule has 0 saturated heterocycles. The summed E-state index contributed by atoms with van der Waals surface area (Å²) in [7, 11) is 0. The van der Waals surface area contributed by atoms with Gasteiger partial charge < -0.3 is 10.8 Å². The van der Waals surface area contributed by atoms with Gasteiger partial charge in [-0.2, -0.15) is 0 Å². The average molecular weight is 140 g/mol. The minimum atomic E-state index is -0.681. The topological polar surface area (TPSA) is 63.3 Å². The van der Waals surface area contributed by atoms with Crippen molar-refractivity contribution >= 4 is 18.2 Å². The van der Waals surface area contributed by atoms with Gasteiger partial charge in [-0.05, 0) is 6.92 Å². The van der Waals surface area contributed by atoms with Crippen LogP contribution in [0.1, 0.15) is 6.92 Å². The second kappa shape index (κ2) is 5.03. The van der Waals surface area contributed by atoms with E-state index in [0.29, 0.717) is 0 Å². The van der Waals surface area contributed by atoms with Crippen LogP contribution in [0, 0.1) is 0 Å². The smallest absolute Gasteiger partial charge is 0.148 e. The van der Waals surface area contributed by atoms with Crippen LogP contribution >= 0.6 is 12.4 Å². The molecular weight excluding hydrogens is 130 g/mol.